The number of hydrogen-bond acceptors (Lipinski definition) is 3. The van der Waals surface area contributed by atoms with Gasteiger partial charge in [0.15, 0.2) is 0 Å². The molecule has 0 spiro atoms. The Kier molecular flexibility index (Phi) is 4.05. The summed E-state index contributed by atoms with van der Waals surface area (Å²) in [6.45, 7) is 1.78. The normalized spacial score (nSPS) is 15.3. The monoisotopic (exact) mass is 230 g/mol. The molecule has 5 heteroatoms. The Morgan fingerprint density at radius 3 is 2.27 bits per heavy atom. The molecule has 1 rings (SSSR count). The summed E-state index contributed by atoms with van der Waals surface area (Å²) in [6.07, 6.45) is 0. The molecule has 1 aromatic rings. The summed E-state index contributed by atoms with van der Waals surface area (Å²) in [5, 5.41) is 0.374. The molecule has 0 aliphatic heterocycles. The quantitative estimate of drug-likeness (QED) is 0.628. The SMILES string of the molecule is COC(OC)P(=O)(O)c1ccccc1C. The minimum absolute atomic E-state index is 0.374. The van der Waals surface area contributed by atoms with Crippen LogP contribution in [0.1, 0.15) is 5.56 Å². The van der Waals surface area contributed by atoms with Gasteiger partial charge in [0.25, 0.3) is 7.37 Å². The fraction of sp³-hybridized carbons (Fsp3) is 0.400. The highest BCUT2D eigenvalue weighted by molar-refractivity contribution is 7.66. The topological polar surface area (TPSA) is 55.8 Å². The Morgan fingerprint density at radius 2 is 1.80 bits per heavy atom. The van der Waals surface area contributed by atoms with E-state index >= 15 is 0 Å². The Bertz CT molecular complexity index is 373. The van der Waals surface area contributed by atoms with Gasteiger partial charge in [-0.2, -0.15) is 0 Å². The van der Waals surface area contributed by atoms with E-state index in [-0.39, 0.29) is 0 Å². The molecule has 0 fully saturated rings. The molecule has 0 heterocycles. The van der Waals surface area contributed by atoms with Gasteiger partial charge in [-0.3, -0.25) is 4.57 Å². The lowest BCUT2D eigenvalue weighted by Crippen LogP contribution is -2.22. The van der Waals surface area contributed by atoms with Crippen LogP contribution in [-0.2, 0) is 14.0 Å². The number of hydrogen-bond donors (Lipinski definition) is 1. The van der Waals surface area contributed by atoms with Gasteiger partial charge in [0.2, 0.25) is 6.03 Å². The van der Waals surface area contributed by atoms with Gasteiger partial charge in [-0.05, 0) is 18.6 Å². The summed E-state index contributed by atoms with van der Waals surface area (Å²) in [4.78, 5) is 9.93. The van der Waals surface area contributed by atoms with E-state index < -0.39 is 13.4 Å². The Morgan fingerprint density at radius 1 is 1.27 bits per heavy atom. The van der Waals surface area contributed by atoms with Crippen LogP contribution in [0.5, 0.6) is 0 Å². The molecular weight excluding hydrogens is 215 g/mol. The van der Waals surface area contributed by atoms with Gasteiger partial charge in [0.05, 0.1) is 0 Å². The van der Waals surface area contributed by atoms with Crippen molar-refractivity contribution in [2.24, 2.45) is 0 Å². The van der Waals surface area contributed by atoms with Gasteiger partial charge in [-0.1, -0.05) is 18.2 Å². The second kappa shape index (κ2) is 4.90. The average Bonchev–Trinajstić information content (AvgIpc) is 2.19. The van der Waals surface area contributed by atoms with E-state index in [0.29, 0.717) is 5.30 Å². The fourth-order valence-corrected chi connectivity index (χ4v) is 3.10. The van der Waals surface area contributed by atoms with E-state index in [1.165, 1.54) is 14.2 Å². The van der Waals surface area contributed by atoms with Crippen LogP contribution in [0, 0.1) is 6.92 Å². The minimum atomic E-state index is -3.64. The summed E-state index contributed by atoms with van der Waals surface area (Å²) < 4.78 is 21.8. The molecule has 0 aliphatic carbocycles. The third-order valence-electron chi connectivity index (χ3n) is 2.15. The molecule has 0 aliphatic rings. The number of rotatable bonds is 4. The molecule has 0 amide bonds. The van der Waals surface area contributed by atoms with E-state index in [0.717, 1.165) is 5.56 Å². The lowest BCUT2D eigenvalue weighted by atomic mass is 10.2. The molecule has 1 N–H and O–H groups in total. The Labute approximate surface area is 89.3 Å². The lowest BCUT2D eigenvalue weighted by molar-refractivity contribution is -0.0481. The average molecular weight is 230 g/mol. The molecule has 84 valence electrons. The zero-order valence-corrected chi connectivity index (χ0v) is 9.90. The maximum atomic E-state index is 12.1. The molecule has 0 saturated heterocycles. The van der Waals surface area contributed by atoms with Crippen molar-refractivity contribution in [2.45, 2.75) is 13.0 Å². The zero-order chi connectivity index (χ0) is 11.5. The van der Waals surface area contributed by atoms with E-state index in [2.05, 4.69) is 0 Å². The van der Waals surface area contributed by atoms with Crippen molar-refractivity contribution in [3.8, 4) is 0 Å². The van der Waals surface area contributed by atoms with Crippen LogP contribution in [0.15, 0.2) is 24.3 Å². The van der Waals surface area contributed by atoms with Crippen LogP contribution in [0.3, 0.4) is 0 Å². The van der Waals surface area contributed by atoms with E-state index in [1.807, 2.05) is 6.07 Å². The maximum Gasteiger partial charge on any atom is 0.284 e. The van der Waals surface area contributed by atoms with E-state index in [4.69, 9.17) is 9.47 Å². The summed E-state index contributed by atoms with van der Waals surface area (Å²) in [5.41, 5.74) is 0.752. The first-order valence-electron chi connectivity index (χ1n) is 4.48. The van der Waals surface area contributed by atoms with Gasteiger partial charge in [0, 0.05) is 19.5 Å². The number of methoxy groups -OCH3 is 2. The van der Waals surface area contributed by atoms with Gasteiger partial charge < -0.3 is 14.4 Å². The molecule has 4 nitrogen and oxygen atoms in total. The predicted molar refractivity (Wildman–Crippen MR) is 58.4 cm³/mol. The van der Waals surface area contributed by atoms with Crippen molar-refractivity contribution < 1.29 is 18.9 Å². The molecular formula is C10H15O4P. The van der Waals surface area contributed by atoms with Crippen molar-refractivity contribution in [3.05, 3.63) is 29.8 Å². The van der Waals surface area contributed by atoms with Crippen LogP contribution in [0.25, 0.3) is 0 Å². The number of aryl methyl sites for hydroxylation is 1. The first-order chi connectivity index (χ1) is 7.04. The highest BCUT2D eigenvalue weighted by atomic mass is 31.2. The summed E-state index contributed by atoms with van der Waals surface area (Å²) in [7, 11) is -0.952. The van der Waals surface area contributed by atoms with Gasteiger partial charge in [-0.25, -0.2) is 0 Å². The first kappa shape index (κ1) is 12.4. The van der Waals surface area contributed by atoms with E-state index in [1.54, 1.807) is 25.1 Å². The molecule has 1 aromatic carbocycles. The van der Waals surface area contributed by atoms with Crippen molar-refractivity contribution in [1.29, 1.82) is 0 Å². The maximum absolute atomic E-state index is 12.1. The second-order valence-corrected chi connectivity index (χ2v) is 5.34. The lowest BCUT2D eigenvalue weighted by Gasteiger charge is -2.21. The van der Waals surface area contributed by atoms with Gasteiger partial charge in [-0.15, -0.1) is 0 Å². The van der Waals surface area contributed by atoms with Gasteiger partial charge >= 0.3 is 0 Å². The molecule has 0 radical (unpaired) electrons. The second-order valence-electron chi connectivity index (χ2n) is 3.19. The fourth-order valence-electron chi connectivity index (χ4n) is 1.42. The van der Waals surface area contributed by atoms with Crippen molar-refractivity contribution in [2.75, 3.05) is 14.2 Å². The van der Waals surface area contributed by atoms with Crippen LogP contribution in [0.2, 0.25) is 0 Å². The predicted octanol–water partition coefficient (Wildman–Crippen LogP) is 1.47. The summed E-state index contributed by atoms with van der Waals surface area (Å²) in [5.74, 6) is 0. The smallest absolute Gasteiger partial charge is 0.284 e. The minimum Gasteiger partial charge on any atom is -0.347 e. The van der Waals surface area contributed by atoms with Crippen molar-refractivity contribution in [1.82, 2.24) is 0 Å². The molecule has 0 saturated carbocycles. The Hall–Kier alpha value is -0.670. The van der Waals surface area contributed by atoms with Crippen molar-refractivity contribution in [3.63, 3.8) is 0 Å². The van der Waals surface area contributed by atoms with Crippen LogP contribution in [-0.4, -0.2) is 25.1 Å². The summed E-state index contributed by atoms with van der Waals surface area (Å²) in [6, 6.07) is 5.81. The summed E-state index contributed by atoms with van der Waals surface area (Å²) >= 11 is 0. The third-order valence-corrected chi connectivity index (χ3v) is 4.33. The Balaban J connectivity index is 3.16. The largest absolute Gasteiger partial charge is 0.347 e. The molecule has 1 unspecified atom stereocenters. The molecule has 0 bridgehead atoms. The van der Waals surface area contributed by atoms with Crippen LogP contribution >= 0.6 is 7.37 Å². The van der Waals surface area contributed by atoms with Crippen molar-refractivity contribution >= 4 is 12.7 Å². The molecule has 15 heavy (non-hydrogen) atoms. The first-order valence-corrected chi connectivity index (χ1v) is 6.21. The highest BCUT2D eigenvalue weighted by Gasteiger charge is 2.34. The van der Waals surface area contributed by atoms with E-state index in [9.17, 15) is 9.46 Å². The third kappa shape index (κ3) is 2.47. The van der Waals surface area contributed by atoms with Crippen LogP contribution < -0.4 is 5.30 Å². The van der Waals surface area contributed by atoms with Gasteiger partial charge in [0.1, 0.15) is 0 Å². The molecule has 1 atom stereocenters. The standard InChI is InChI=1S/C10H15O4P/c1-8-6-4-5-7-9(8)15(11,12)10(13-2)14-3/h4-7,10H,1-3H3,(H,11,12). The molecule has 0 aromatic heterocycles. The zero-order valence-electron chi connectivity index (χ0n) is 9.01. The van der Waals surface area contributed by atoms with Crippen LogP contribution in [0.4, 0.5) is 0 Å². The number of benzene rings is 1. The highest BCUT2D eigenvalue weighted by Crippen LogP contribution is 2.46. The number of ether oxygens (including phenoxy) is 2.